The monoisotopic (exact) mass is 418 g/mol. The number of aromatic amines is 1. The van der Waals surface area contributed by atoms with Crippen molar-refractivity contribution in [3.8, 4) is 0 Å². The second-order valence-corrected chi connectivity index (χ2v) is 7.27. The van der Waals surface area contributed by atoms with Gasteiger partial charge in [0.2, 0.25) is 0 Å². The molecule has 1 fully saturated rings. The van der Waals surface area contributed by atoms with Crippen LogP contribution in [0.1, 0.15) is 40.4 Å². The van der Waals surface area contributed by atoms with E-state index in [0.717, 1.165) is 23.8 Å². The van der Waals surface area contributed by atoms with Crippen molar-refractivity contribution in [3.63, 3.8) is 0 Å². The molecule has 1 aromatic carbocycles. The standard InChI is InChI=1S/C20H17F3N4O3/c1-26(10-11-4-2-3-5-15(11)20(21,22)23)18(29)12-8-14-16(24-9-12)27(13-6-7-13)19(30)25-17(14)28/h2-5,8-9,13H,6-7,10H2,1H3,(H,25,28,30). The summed E-state index contributed by atoms with van der Waals surface area (Å²) in [4.78, 5) is 44.6. The van der Waals surface area contributed by atoms with Crippen molar-refractivity contribution < 1.29 is 18.0 Å². The molecule has 0 spiro atoms. The lowest BCUT2D eigenvalue weighted by molar-refractivity contribution is -0.138. The van der Waals surface area contributed by atoms with Crippen molar-refractivity contribution in [3.05, 3.63) is 74.1 Å². The van der Waals surface area contributed by atoms with Gasteiger partial charge < -0.3 is 4.90 Å². The predicted molar refractivity (Wildman–Crippen MR) is 102 cm³/mol. The highest BCUT2D eigenvalue weighted by Gasteiger charge is 2.33. The number of rotatable bonds is 4. The molecular weight excluding hydrogens is 401 g/mol. The third-order valence-corrected chi connectivity index (χ3v) is 5.01. The smallest absolute Gasteiger partial charge is 0.337 e. The van der Waals surface area contributed by atoms with Gasteiger partial charge in [0.15, 0.2) is 0 Å². The van der Waals surface area contributed by atoms with Crippen molar-refractivity contribution >= 4 is 16.9 Å². The Morgan fingerprint density at radius 2 is 1.97 bits per heavy atom. The van der Waals surface area contributed by atoms with Crippen LogP contribution in [-0.4, -0.2) is 32.4 Å². The summed E-state index contributed by atoms with van der Waals surface area (Å²) in [5.74, 6) is -0.593. The van der Waals surface area contributed by atoms with Gasteiger partial charge in [0.25, 0.3) is 11.5 Å². The molecule has 0 aliphatic heterocycles. The summed E-state index contributed by atoms with van der Waals surface area (Å²) in [5.41, 5.74) is -1.85. The van der Waals surface area contributed by atoms with E-state index in [1.807, 2.05) is 0 Å². The van der Waals surface area contributed by atoms with Gasteiger partial charge in [0.05, 0.1) is 16.5 Å². The Hall–Kier alpha value is -3.43. The van der Waals surface area contributed by atoms with Gasteiger partial charge in [0, 0.05) is 25.8 Å². The Morgan fingerprint density at radius 1 is 1.27 bits per heavy atom. The molecule has 0 unspecified atom stereocenters. The number of pyridine rings is 1. The number of carbonyl (C=O) groups is 1. The van der Waals surface area contributed by atoms with Gasteiger partial charge >= 0.3 is 11.9 Å². The fourth-order valence-corrected chi connectivity index (χ4v) is 3.41. The van der Waals surface area contributed by atoms with Crippen molar-refractivity contribution in [1.82, 2.24) is 19.4 Å². The van der Waals surface area contributed by atoms with Gasteiger partial charge in [-0.3, -0.25) is 19.1 Å². The largest absolute Gasteiger partial charge is 0.416 e. The van der Waals surface area contributed by atoms with Crippen LogP contribution in [0, 0.1) is 0 Å². The predicted octanol–water partition coefficient (Wildman–Crippen LogP) is 2.71. The van der Waals surface area contributed by atoms with E-state index in [2.05, 4.69) is 9.97 Å². The number of fused-ring (bicyclic) bond motifs is 1. The maximum Gasteiger partial charge on any atom is 0.416 e. The Balaban J connectivity index is 1.67. The highest BCUT2D eigenvalue weighted by Crippen LogP contribution is 2.35. The SMILES string of the molecule is CN(Cc1ccccc1C(F)(F)F)C(=O)c1cnc2c(c1)c(=O)[nH]c(=O)n2C1CC1. The van der Waals surface area contributed by atoms with Crippen LogP contribution < -0.4 is 11.2 Å². The number of alkyl halides is 3. The summed E-state index contributed by atoms with van der Waals surface area (Å²) < 4.78 is 41.0. The molecule has 7 nitrogen and oxygen atoms in total. The number of amides is 1. The minimum Gasteiger partial charge on any atom is -0.337 e. The van der Waals surface area contributed by atoms with E-state index in [-0.39, 0.29) is 34.7 Å². The molecule has 1 N–H and O–H groups in total. The van der Waals surface area contributed by atoms with E-state index in [0.29, 0.717) is 0 Å². The molecule has 0 saturated heterocycles. The number of halogens is 3. The molecule has 156 valence electrons. The summed E-state index contributed by atoms with van der Waals surface area (Å²) in [5, 5.41) is 0.0800. The molecule has 2 aromatic heterocycles. The van der Waals surface area contributed by atoms with Crippen molar-refractivity contribution in [2.45, 2.75) is 31.6 Å². The molecule has 0 radical (unpaired) electrons. The average Bonchev–Trinajstić information content (AvgIpc) is 3.52. The Kier molecular flexibility index (Phi) is 4.71. The maximum atomic E-state index is 13.2. The van der Waals surface area contributed by atoms with Crippen LogP contribution >= 0.6 is 0 Å². The number of aromatic nitrogens is 3. The summed E-state index contributed by atoms with van der Waals surface area (Å²) in [6.45, 7) is -0.273. The molecule has 4 rings (SSSR count). The number of nitrogens with one attached hydrogen (secondary N) is 1. The molecule has 1 aliphatic carbocycles. The quantitative estimate of drug-likeness (QED) is 0.706. The van der Waals surface area contributed by atoms with E-state index in [9.17, 15) is 27.6 Å². The molecule has 0 atom stereocenters. The zero-order chi connectivity index (χ0) is 21.6. The average molecular weight is 418 g/mol. The van der Waals surface area contributed by atoms with Crippen LogP contribution in [0.25, 0.3) is 11.0 Å². The Morgan fingerprint density at radius 3 is 2.63 bits per heavy atom. The third kappa shape index (κ3) is 3.60. The normalized spacial score (nSPS) is 14.1. The van der Waals surface area contributed by atoms with Crippen LogP contribution in [-0.2, 0) is 12.7 Å². The van der Waals surface area contributed by atoms with Gasteiger partial charge in [-0.2, -0.15) is 13.2 Å². The summed E-state index contributed by atoms with van der Waals surface area (Å²) in [6.07, 6.45) is -1.71. The Labute approximate surface area is 167 Å². The molecule has 0 bridgehead atoms. The molecule has 2 heterocycles. The first kappa shape index (κ1) is 19.9. The second-order valence-electron chi connectivity index (χ2n) is 7.27. The van der Waals surface area contributed by atoms with Crippen LogP contribution in [0.5, 0.6) is 0 Å². The van der Waals surface area contributed by atoms with Crippen LogP contribution in [0.4, 0.5) is 13.2 Å². The lowest BCUT2D eigenvalue weighted by Gasteiger charge is -2.20. The minimum absolute atomic E-state index is 0.0348. The van der Waals surface area contributed by atoms with Crippen LogP contribution in [0.3, 0.4) is 0 Å². The summed E-state index contributed by atoms with van der Waals surface area (Å²) in [7, 11) is 1.37. The van der Waals surface area contributed by atoms with Gasteiger partial charge in [-0.1, -0.05) is 18.2 Å². The number of hydrogen-bond donors (Lipinski definition) is 1. The van der Waals surface area contributed by atoms with Crippen molar-refractivity contribution in [1.29, 1.82) is 0 Å². The van der Waals surface area contributed by atoms with Crippen LogP contribution in [0.15, 0.2) is 46.1 Å². The van der Waals surface area contributed by atoms with Crippen molar-refractivity contribution in [2.24, 2.45) is 0 Å². The molecule has 30 heavy (non-hydrogen) atoms. The molecule has 1 aliphatic rings. The molecule has 1 amide bonds. The molecule has 1 saturated carbocycles. The summed E-state index contributed by atoms with van der Waals surface area (Å²) >= 11 is 0. The van der Waals surface area contributed by atoms with E-state index in [1.165, 1.54) is 42.1 Å². The lowest BCUT2D eigenvalue weighted by Crippen LogP contribution is -2.31. The van der Waals surface area contributed by atoms with Gasteiger partial charge in [-0.25, -0.2) is 9.78 Å². The van der Waals surface area contributed by atoms with Gasteiger partial charge in [-0.05, 0) is 30.5 Å². The summed E-state index contributed by atoms with van der Waals surface area (Å²) in [6, 6.07) is 6.30. The fourth-order valence-electron chi connectivity index (χ4n) is 3.41. The lowest BCUT2D eigenvalue weighted by atomic mass is 10.1. The first-order valence-electron chi connectivity index (χ1n) is 9.22. The highest BCUT2D eigenvalue weighted by molar-refractivity contribution is 5.96. The van der Waals surface area contributed by atoms with Crippen LogP contribution in [0.2, 0.25) is 0 Å². The van der Waals surface area contributed by atoms with Crippen molar-refractivity contribution in [2.75, 3.05) is 7.05 Å². The number of H-pyrrole nitrogens is 1. The highest BCUT2D eigenvalue weighted by atomic mass is 19.4. The molecule has 10 heteroatoms. The van der Waals surface area contributed by atoms with Gasteiger partial charge in [-0.15, -0.1) is 0 Å². The molecule has 3 aromatic rings. The minimum atomic E-state index is -4.54. The van der Waals surface area contributed by atoms with E-state index in [1.54, 1.807) is 0 Å². The maximum absolute atomic E-state index is 13.2. The second kappa shape index (κ2) is 7.12. The zero-order valence-electron chi connectivity index (χ0n) is 15.9. The Bertz CT molecular complexity index is 1260. The third-order valence-electron chi connectivity index (χ3n) is 5.01. The van der Waals surface area contributed by atoms with E-state index >= 15 is 0 Å². The number of carbonyl (C=O) groups excluding carboxylic acids is 1. The fraction of sp³-hybridized carbons (Fsp3) is 0.300. The molecular formula is C20H17F3N4O3. The first-order valence-corrected chi connectivity index (χ1v) is 9.22. The number of nitrogens with zero attached hydrogens (tertiary/aromatic N) is 3. The number of hydrogen-bond acceptors (Lipinski definition) is 4. The van der Waals surface area contributed by atoms with Gasteiger partial charge in [0.1, 0.15) is 5.65 Å². The van der Waals surface area contributed by atoms with E-state index < -0.39 is 28.9 Å². The topological polar surface area (TPSA) is 88.1 Å². The first-order chi connectivity index (χ1) is 14.2. The van der Waals surface area contributed by atoms with E-state index in [4.69, 9.17) is 0 Å². The number of benzene rings is 1. The zero-order valence-corrected chi connectivity index (χ0v) is 15.9.